The van der Waals surface area contributed by atoms with Crippen molar-refractivity contribution >= 4 is 32.2 Å². The molecule has 1 aromatic carbocycles. The van der Waals surface area contributed by atoms with Gasteiger partial charge in [0.2, 0.25) is 0 Å². The minimum absolute atomic E-state index is 0.248. The molecule has 8 heteroatoms. The monoisotopic (exact) mass is 416 g/mol. The first-order chi connectivity index (χ1) is 13.2. The van der Waals surface area contributed by atoms with E-state index in [1.807, 2.05) is 26.0 Å². The number of thiazole rings is 1. The Morgan fingerprint density at radius 3 is 2.50 bits per heavy atom. The summed E-state index contributed by atoms with van der Waals surface area (Å²) in [4.78, 5) is 9.80. The summed E-state index contributed by atoms with van der Waals surface area (Å²) in [6.07, 6.45) is 3.18. The van der Waals surface area contributed by atoms with E-state index in [1.54, 1.807) is 25.3 Å². The SMILES string of the molecule is Cc1cncc(NS(=O)(=O)c2cc(-c3sc(NC(C)C)nc3C)ccc2C)c1. The standard InChI is InChI=1S/C20H24N4O2S2/c1-12(2)22-20-23-15(5)19(27-20)16-7-6-14(4)18(9-16)28(25,26)24-17-8-13(3)10-21-11-17/h6-12,24H,1-5H3,(H,22,23). The Morgan fingerprint density at radius 1 is 1.07 bits per heavy atom. The van der Waals surface area contributed by atoms with Crippen molar-refractivity contribution in [2.24, 2.45) is 0 Å². The molecule has 3 rings (SSSR count). The van der Waals surface area contributed by atoms with E-state index in [-0.39, 0.29) is 10.9 Å². The zero-order valence-electron chi connectivity index (χ0n) is 16.6. The van der Waals surface area contributed by atoms with Gasteiger partial charge >= 0.3 is 0 Å². The summed E-state index contributed by atoms with van der Waals surface area (Å²) in [5.41, 5.74) is 3.72. The molecule has 0 spiro atoms. The van der Waals surface area contributed by atoms with Gasteiger partial charge in [-0.15, -0.1) is 0 Å². The highest BCUT2D eigenvalue weighted by Gasteiger charge is 2.20. The van der Waals surface area contributed by atoms with Crippen molar-refractivity contribution < 1.29 is 8.42 Å². The highest BCUT2D eigenvalue weighted by molar-refractivity contribution is 7.92. The quantitative estimate of drug-likeness (QED) is 0.606. The highest BCUT2D eigenvalue weighted by Crippen LogP contribution is 2.35. The van der Waals surface area contributed by atoms with E-state index in [0.29, 0.717) is 11.3 Å². The molecule has 0 atom stereocenters. The zero-order chi connectivity index (χ0) is 20.5. The topological polar surface area (TPSA) is 84.0 Å². The molecule has 0 saturated carbocycles. The molecule has 0 saturated heterocycles. The van der Waals surface area contributed by atoms with E-state index in [0.717, 1.165) is 26.8 Å². The molecule has 2 aromatic heterocycles. The number of nitrogens with zero attached hydrogens (tertiary/aromatic N) is 2. The number of aryl methyl sites for hydroxylation is 3. The van der Waals surface area contributed by atoms with Crippen LogP contribution in [0.15, 0.2) is 41.6 Å². The Kier molecular flexibility index (Phi) is 5.71. The van der Waals surface area contributed by atoms with Gasteiger partial charge in [0.05, 0.1) is 27.4 Å². The number of hydrogen-bond acceptors (Lipinski definition) is 6. The van der Waals surface area contributed by atoms with Gasteiger partial charge in [0.25, 0.3) is 10.0 Å². The van der Waals surface area contributed by atoms with E-state index >= 15 is 0 Å². The summed E-state index contributed by atoms with van der Waals surface area (Å²) in [6.45, 7) is 9.70. The van der Waals surface area contributed by atoms with Crippen LogP contribution in [0.3, 0.4) is 0 Å². The van der Waals surface area contributed by atoms with Gasteiger partial charge in [-0.1, -0.05) is 23.5 Å². The van der Waals surface area contributed by atoms with E-state index in [2.05, 4.69) is 33.9 Å². The molecule has 0 aliphatic heterocycles. The predicted molar refractivity (Wildman–Crippen MR) is 116 cm³/mol. The molecule has 148 valence electrons. The van der Waals surface area contributed by atoms with Crippen LogP contribution in [0.5, 0.6) is 0 Å². The van der Waals surface area contributed by atoms with Crippen molar-refractivity contribution in [3.05, 3.63) is 53.5 Å². The zero-order valence-corrected chi connectivity index (χ0v) is 18.2. The van der Waals surface area contributed by atoms with Crippen LogP contribution < -0.4 is 10.0 Å². The molecule has 6 nitrogen and oxygen atoms in total. The second-order valence-corrected chi connectivity index (χ2v) is 9.72. The number of aromatic nitrogens is 2. The lowest BCUT2D eigenvalue weighted by molar-refractivity contribution is 0.600. The predicted octanol–water partition coefficient (Wildman–Crippen LogP) is 4.75. The lowest BCUT2D eigenvalue weighted by atomic mass is 10.1. The Balaban J connectivity index is 1.99. The van der Waals surface area contributed by atoms with Crippen LogP contribution in [0.2, 0.25) is 0 Å². The first-order valence-electron chi connectivity index (χ1n) is 8.95. The maximum Gasteiger partial charge on any atom is 0.262 e. The normalized spacial score (nSPS) is 11.6. The van der Waals surface area contributed by atoms with Gasteiger partial charge < -0.3 is 5.32 Å². The van der Waals surface area contributed by atoms with Crippen LogP contribution in [0.4, 0.5) is 10.8 Å². The van der Waals surface area contributed by atoms with Crippen LogP contribution in [-0.2, 0) is 10.0 Å². The van der Waals surface area contributed by atoms with Crippen LogP contribution in [0.1, 0.15) is 30.7 Å². The van der Waals surface area contributed by atoms with E-state index in [4.69, 9.17) is 0 Å². The molecule has 3 aromatic rings. The number of anilines is 2. The second-order valence-electron chi connectivity index (χ2n) is 7.07. The molecule has 28 heavy (non-hydrogen) atoms. The van der Waals surface area contributed by atoms with Crippen LogP contribution in [-0.4, -0.2) is 24.4 Å². The smallest absolute Gasteiger partial charge is 0.262 e. The van der Waals surface area contributed by atoms with Crippen molar-refractivity contribution in [3.8, 4) is 10.4 Å². The average molecular weight is 417 g/mol. The fourth-order valence-electron chi connectivity index (χ4n) is 2.82. The molecule has 0 aliphatic carbocycles. The summed E-state index contributed by atoms with van der Waals surface area (Å²) in [5, 5.41) is 4.13. The first kappa shape index (κ1) is 20.3. The maximum absolute atomic E-state index is 13.0. The fourth-order valence-corrected chi connectivity index (χ4v) is 5.24. The third-order valence-electron chi connectivity index (χ3n) is 4.08. The maximum atomic E-state index is 13.0. The van der Waals surface area contributed by atoms with Gasteiger partial charge in [0.1, 0.15) is 0 Å². The van der Waals surface area contributed by atoms with E-state index in [1.165, 1.54) is 17.5 Å². The Labute approximate surface area is 170 Å². The summed E-state index contributed by atoms with van der Waals surface area (Å²) >= 11 is 1.52. The molecular weight excluding hydrogens is 392 g/mol. The molecular formula is C20H24N4O2S2. The first-order valence-corrected chi connectivity index (χ1v) is 11.2. The molecule has 0 bridgehead atoms. The van der Waals surface area contributed by atoms with Gasteiger partial charge in [0.15, 0.2) is 5.13 Å². The Morgan fingerprint density at radius 2 is 1.82 bits per heavy atom. The van der Waals surface area contributed by atoms with Crippen LogP contribution in [0, 0.1) is 20.8 Å². The van der Waals surface area contributed by atoms with Crippen molar-refractivity contribution in [2.75, 3.05) is 10.0 Å². The average Bonchev–Trinajstić information content (AvgIpc) is 2.94. The third kappa shape index (κ3) is 4.51. The molecule has 0 aliphatic rings. The van der Waals surface area contributed by atoms with Gasteiger partial charge in [-0.3, -0.25) is 9.71 Å². The number of benzene rings is 1. The van der Waals surface area contributed by atoms with Gasteiger partial charge in [-0.05, 0) is 63.4 Å². The number of hydrogen-bond donors (Lipinski definition) is 2. The van der Waals surface area contributed by atoms with Crippen molar-refractivity contribution in [1.82, 2.24) is 9.97 Å². The van der Waals surface area contributed by atoms with Crippen molar-refractivity contribution in [3.63, 3.8) is 0 Å². The summed E-state index contributed by atoms with van der Waals surface area (Å²) in [6, 6.07) is 7.50. The van der Waals surface area contributed by atoms with Gasteiger partial charge in [-0.25, -0.2) is 13.4 Å². The molecule has 2 heterocycles. The number of pyridine rings is 1. The molecule has 0 unspecified atom stereocenters. The number of rotatable bonds is 6. The van der Waals surface area contributed by atoms with E-state index in [9.17, 15) is 8.42 Å². The molecule has 0 radical (unpaired) electrons. The van der Waals surface area contributed by atoms with Crippen LogP contribution >= 0.6 is 11.3 Å². The van der Waals surface area contributed by atoms with Gasteiger partial charge in [0, 0.05) is 12.2 Å². The summed E-state index contributed by atoms with van der Waals surface area (Å²) in [5.74, 6) is 0. The molecule has 0 fully saturated rings. The Hall–Kier alpha value is -2.45. The molecule has 2 N–H and O–H groups in total. The number of nitrogens with one attached hydrogen (secondary N) is 2. The molecule has 0 amide bonds. The van der Waals surface area contributed by atoms with Crippen molar-refractivity contribution in [1.29, 1.82) is 0 Å². The Bertz CT molecular complexity index is 1110. The minimum atomic E-state index is -3.74. The largest absolute Gasteiger partial charge is 0.359 e. The van der Waals surface area contributed by atoms with Crippen molar-refractivity contribution in [2.45, 2.75) is 45.6 Å². The van der Waals surface area contributed by atoms with E-state index < -0.39 is 10.0 Å². The third-order valence-corrected chi connectivity index (χ3v) is 6.74. The lowest BCUT2D eigenvalue weighted by Crippen LogP contribution is -2.14. The fraction of sp³-hybridized carbons (Fsp3) is 0.300. The number of sulfonamides is 1. The lowest BCUT2D eigenvalue weighted by Gasteiger charge is -2.12. The second kappa shape index (κ2) is 7.89. The summed E-state index contributed by atoms with van der Waals surface area (Å²) < 4.78 is 28.6. The van der Waals surface area contributed by atoms with Crippen LogP contribution in [0.25, 0.3) is 10.4 Å². The minimum Gasteiger partial charge on any atom is -0.359 e. The van der Waals surface area contributed by atoms with Gasteiger partial charge in [-0.2, -0.15) is 0 Å². The highest BCUT2D eigenvalue weighted by atomic mass is 32.2. The summed E-state index contributed by atoms with van der Waals surface area (Å²) in [7, 11) is -3.74.